The van der Waals surface area contributed by atoms with Gasteiger partial charge in [-0.25, -0.2) is 4.98 Å². The van der Waals surface area contributed by atoms with E-state index in [1.165, 1.54) is 0 Å². The summed E-state index contributed by atoms with van der Waals surface area (Å²) in [5.41, 5.74) is 5.02. The highest BCUT2D eigenvalue weighted by molar-refractivity contribution is 9.10. The minimum atomic E-state index is 0.619. The summed E-state index contributed by atoms with van der Waals surface area (Å²) in [7, 11) is 0. The Bertz CT molecular complexity index is 950. The van der Waals surface area contributed by atoms with Crippen LogP contribution < -0.4 is 0 Å². The molecule has 0 saturated heterocycles. The highest BCUT2D eigenvalue weighted by Gasteiger charge is 2.19. The number of benzene rings is 3. The first-order valence-corrected chi connectivity index (χ1v) is 8.90. The van der Waals surface area contributed by atoms with Crippen LogP contribution in [0.5, 0.6) is 0 Å². The van der Waals surface area contributed by atoms with Crippen molar-refractivity contribution >= 4 is 15.9 Å². The molecule has 4 aromatic rings. The lowest BCUT2D eigenvalue weighted by Gasteiger charge is -2.02. The minimum absolute atomic E-state index is 0.619. The van der Waals surface area contributed by atoms with E-state index in [-0.39, 0.29) is 0 Å². The van der Waals surface area contributed by atoms with E-state index in [9.17, 15) is 0 Å². The first kappa shape index (κ1) is 15.9. The fourth-order valence-corrected chi connectivity index (χ4v) is 3.26. The number of oxazole rings is 1. The third-order valence-corrected chi connectivity index (χ3v) is 5.19. The average Bonchev–Trinajstić information content (AvgIpc) is 3.10. The van der Waals surface area contributed by atoms with Crippen LogP contribution in [0.25, 0.3) is 34.0 Å². The van der Waals surface area contributed by atoms with Crippen molar-refractivity contribution in [2.75, 3.05) is 0 Å². The van der Waals surface area contributed by atoms with Crippen LogP contribution in [-0.4, -0.2) is 4.98 Å². The van der Waals surface area contributed by atoms with Gasteiger partial charge in [-0.3, -0.25) is 0 Å². The van der Waals surface area contributed by atoms with Crippen LogP contribution in [0.2, 0.25) is 0 Å². The van der Waals surface area contributed by atoms with E-state index < -0.39 is 0 Å². The first-order valence-electron chi connectivity index (χ1n) is 8.11. The molecule has 0 aliphatic carbocycles. The van der Waals surface area contributed by atoms with Crippen LogP contribution in [0.3, 0.4) is 0 Å². The smallest absolute Gasteiger partial charge is 0.228 e. The SMILES string of the molecule is Cc1cccc(-c2nc(-c3ccccc3)c(-c3ccccc3)o2)c1Br. The van der Waals surface area contributed by atoms with Crippen molar-refractivity contribution in [3.05, 3.63) is 88.9 Å². The molecule has 0 bridgehead atoms. The van der Waals surface area contributed by atoms with Crippen LogP contribution in [0.4, 0.5) is 0 Å². The molecule has 0 spiro atoms. The largest absolute Gasteiger partial charge is 0.435 e. The molecule has 122 valence electrons. The van der Waals surface area contributed by atoms with Crippen molar-refractivity contribution in [2.45, 2.75) is 6.92 Å². The van der Waals surface area contributed by atoms with Crippen LogP contribution in [0, 0.1) is 6.92 Å². The van der Waals surface area contributed by atoms with Gasteiger partial charge < -0.3 is 4.42 Å². The van der Waals surface area contributed by atoms with Crippen LogP contribution in [0.1, 0.15) is 5.56 Å². The molecule has 0 atom stereocenters. The third-order valence-electron chi connectivity index (χ3n) is 4.13. The Morgan fingerprint density at radius 3 is 2.08 bits per heavy atom. The number of hydrogen-bond acceptors (Lipinski definition) is 2. The molecular weight excluding hydrogens is 374 g/mol. The summed E-state index contributed by atoms with van der Waals surface area (Å²) in [6, 6.07) is 26.3. The van der Waals surface area contributed by atoms with Crippen LogP contribution >= 0.6 is 15.9 Å². The fraction of sp³-hybridized carbons (Fsp3) is 0.0455. The predicted octanol–water partition coefficient (Wildman–Crippen LogP) is 6.75. The average molecular weight is 390 g/mol. The monoisotopic (exact) mass is 389 g/mol. The van der Waals surface area contributed by atoms with Crippen molar-refractivity contribution in [1.82, 2.24) is 4.98 Å². The molecule has 25 heavy (non-hydrogen) atoms. The van der Waals surface area contributed by atoms with Crippen molar-refractivity contribution in [3.8, 4) is 34.0 Å². The molecule has 0 aliphatic rings. The second-order valence-corrected chi connectivity index (χ2v) is 6.66. The quantitative estimate of drug-likeness (QED) is 0.387. The van der Waals surface area contributed by atoms with E-state index in [1.54, 1.807) is 0 Å². The van der Waals surface area contributed by atoms with Gasteiger partial charge in [0, 0.05) is 15.6 Å². The van der Waals surface area contributed by atoms with Gasteiger partial charge >= 0.3 is 0 Å². The molecular formula is C22H16BrNO. The Morgan fingerprint density at radius 1 is 0.760 bits per heavy atom. The molecule has 1 aromatic heterocycles. The number of aryl methyl sites for hydroxylation is 1. The number of halogens is 1. The van der Waals surface area contributed by atoms with Crippen molar-refractivity contribution < 1.29 is 4.42 Å². The van der Waals surface area contributed by atoms with Gasteiger partial charge in [-0.1, -0.05) is 72.8 Å². The normalized spacial score (nSPS) is 10.8. The Labute approximate surface area is 155 Å². The minimum Gasteiger partial charge on any atom is -0.435 e. The third kappa shape index (κ3) is 3.03. The van der Waals surface area contributed by atoms with Crippen LogP contribution in [-0.2, 0) is 0 Å². The second-order valence-electron chi connectivity index (χ2n) is 5.87. The maximum absolute atomic E-state index is 6.24. The summed E-state index contributed by atoms with van der Waals surface area (Å²) >= 11 is 3.66. The van der Waals surface area contributed by atoms with E-state index in [0.29, 0.717) is 5.89 Å². The Morgan fingerprint density at radius 2 is 1.40 bits per heavy atom. The fourth-order valence-electron chi connectivity index (χ4n) is 2.82. The van der Waals surface area contributed by atoms with Gasteiger partial charge in [-0.05, 0) is 34.5 Å². The van der Waals surface area contributed by atoms with Gasteiger partial charge in [0.05, 0.1) is 5.56 Å². The molecule has 0 radical (unpaired) electrons. The Balaban J connectivity index is 1.94. The Kier molecular flexibility index (Phi) is 4.24. The zero-order chi connectivity index (χ0) is 17.2. The molecule has 0 aliphatic heterocycles. The molecule has 0 fully saturated rings. The van der Waals surface area contributed by atoms with Gasteiger partial charge in [0.2, 0.25) is 5.89 Å². The van der Waals surface area contributed by atoms with E-state index in [2.05, 4.69) is 41.1 Å². The maximum Gasteiger partial charge on any atom is 0.228 e. The topological polar surface area (TPSA) is 26.0 Å². The summed E-state index contributed by atoms with van der Waals surface area (Å²) in [6.45, 7) is 2.06. The van der Waals surface area contributed by atoms with Gasteiger partial charge in [0.1, 0.15) is 5.69 Å². The molecule has 1 heterocycles. The molecule has 0 amide bonds. The molecule has 3 heteroatoms. The number of rotatable bonds is 3. The van der Waals surface area contributed by atoms with Gasteiger partial charge in [0.25, 0.3) is 0 Å². The molecule has 3 aromatic carbocycles. The molecule has 4 rings (SSSR count). The maximum atomic E-state index is 6.24. The lowest BCUT2D eigenvalue weighted by atomic mass is 10.1. The first-order chi connectivity index (χ1) is 12.2. The predicted molar refractivity (Wildman–Crippen MR) is 105 cm³/mol. The second kappa shape index (κ2) is 6.69. The van der Waals surface area contributed by atoms with E-state index in [0.717, 1.165) is 38.2 Å². The molecule has 2 nitrogen and oxygen atoms in total. The van der Waals surface area contributed by atoms with Crippen molar-refractivity contribution in [2.24, 2.45) is 0 Å². The Hall–Kier alpha value is -2.65. The standard InChI is InChI=1S/C22H16BrNO/c1-15-9-8-14-18(19(15)23)22-24-20(16-10-4-2-5-11-16)21(25-22)17-12-6-3-7-13-17/h2-14H,1H3. The summed E-state index contributed by atoms with van der Waals surface area (Å²) in [5.74, 6) is 1.41. The lowest BCUT2D eigenvalue weighted by Crippen LogP contribution is -1.84. The highest BCUT2D eigenvalue weighted by atomic mass is 79.9. The molecule has 0 saturated carbocycles. The summed E-state index contributed by atoms with van der Waals surface area (Å²) in [5, 5.41) is 0. The van der Waals surface area contributed by atoms with E-state index in [4.69, 9.17) is 9.40 Å². The number of nitrogens with zero attached hydrogens (tertiary/aromatic N) is 1. The summed E-state index contributed by atoms with van der Waals surface area (Å²) in [4.78, 5) is 4.83. The highest BCUT2D eigenvalue weighted by Crippen LogP contribution is 2.38. The molecule has 0 N–H and O–H groups in total. The number of aromatic nitrogens is 1. The van der Waals surface area contributed by atoms with E-state index in [1.807, 2.05) is 60.7 Å². The van der Waals surface area contributed by atoms with Crippen molar-refractivity contribution in [1.29, 1.82) is 0 Å². The lowest BCUT2D eigenvalue weighted by molar-refractivity contribution is 0.588. The zero-order valence-electron chi connectivity index (χ0n) is 13.7. The van der Waals surface area contributed by atoms with Crippen LogP contribution in [0.15, 0.2) is 87.8 Å². The number of hydrogen-bond donors (Lipinski definition) is 0. The summed E-state index contributed by atoms with van der Waals surface area (Å²) < 4.78 is 7.25. The van der Waals surface area contributed by atoms with Gasteiger partial charge in [-0.2, -0.15) is 0 Å². The summed E-state index contributed by atoms with van der Waals surface area (Å²) in [6.07, 6.45) is 0. The van der Waals surface area contributed by atoms with Gasteiger partial charge in [-0.15, -0.1) is 0 Å². The molecule has 0 unspecified atom stereocenters. The van der Waals surface area contributed by atoms with Gasteiger partial charge in [0.15, 0.2) is 5.76 Å². The zero-order valence-corrected chi connectivity index (χ0v) is 15.3. The van der Waals surface area contributed by atoms with Crippen molar-refractivity contribution in [3.63, 3.8) is 0 Å². The van der Waals surface area contributed by atoms with E-state index >= 15 is 0 Å².